The Bertz CT molecular complexity index is 1130. The van der Waals surface area contributed by atoms with Crippen molar-refractivity contribution in [2.75, 3.05) is 0 Å². The van der Waals surface area contributed by atoms with Crippen LogP contribution in [0.4, 0.5) is 0 Å². The molecule has 0 atom stereocenters. The van der Waals surface area contributed by atoms with E-state index in [4.69, 9.17) is 0 Å². The molecule has 2 aromatic carbocycles. The van der Waals surface area contributed by atoms with Gasteiger partial charge in [-0.15, -0.1) is 4.73 Å². The minimum atomic E-state index is -0.626. The van der Waals surface area contributed by atoms with Crippen LogP contribution in [-0.4, -0.2) is 25.0 Å². The number of aromatic amines is 1. The van der Waals surface area contributed by atoms with E-state index in [0.29, 0.717) is 4.73 Å². The zero-order chi connectivity index (χ0) is 18.1. The number of H-pyrrole nitrogens is 1. The van der Waals surface area contributed by atoms with Crippen molar-refractivity contribution in [1.29, 1.82) is 0 Å². The highest BCUT2D eigenvalue weighted by molar-refractivity contribution is 5.83. The first-order valence-electron chi connectivity index (χ1n) is 8.25. The van der Waals surface area contributed by atoms with Crippen LogP contribution in [0.25, 0.3) is 10.9 Å². The largest absolute Gasteiger partial charge is 0.492 e. The first-order valence-corrected chi connectivity index (χ1v) is 8.25. The summed E-state index contributed by atoms with van der Waals surface area (Å²) in [7, 11) is 0. The second kappa shape index (κ2) is 6.40. The molecule has 0 aliphatic carbocycles. The Balaban J connectivity index is 1.71. The van der Waals surface area contributed by atoms with E-state index in [2.05, 4.69) is 9.97 Å². The molecule has 6 nitrogen and oxygen atoms in total. The lowest BCUT2D eigenvalue weighted by atomic mass is 10.1. The van der Waals surface area contributed by atoms with E-state index in [1.807, 2.05) is 60.8 Å². The molecular formula is C20H17N3O3. The highest BCUT2D eigenvalue weighted by Gasteiger charge is 2.17. The van der Waals surface area contributed by atoms with E-state index < -0.39 is 5.56 Å². The Kier molecular flexibility index (Phi) is 3.93. The standard InChI is InChI=1S/C20H17N3O3/c24-19-18(10-13-6-2-1-3-7-13)23(26)20(25)17(22-19)11-14-12-21-16-9-5-4-8-15(14)16/h1-9,12,21,24,26H,10-11H2. The SMILES string of the molecule is O=c1c(Cc2c[nH]c3ccccc23)nc(O)c(Cc2ccccc2)n1O. The maximum atomic E-state index is 12.5. The summed E-state index contributed by atoms with van der Waals surface area (Å²) < 4.78 is 0.500. The van der Waals surface area contributed by atoms with E-state index in [1.54, 1.807) is 0 Å². The highest BCUT2D eigenvalue weighted by Crippen LogP contribution is 2.21. The van der Waals surface area contributed by atoms with E-state index >= 15 is 0 Å². The van der Waals surface area contributed by atoms with Crippen molar-refractivity contribution < 1.29 is 10.3 Å². The number of hydrogen-bond acceptors (Lipinski definition) is 4. The Hall–Kier alpha value is -3.54. The van der Waals surface area contributed by atoms with Crippen molar-refractivity contribution in [3.8, 4) is 5.88 Å². The van der Waals surface area contributed by atoms with Crippen molar-refractivity contribution in [1.82, 2.24) is 14.7 Å². The van der Waals surface area contributed by atoms with Gasteiger partial charge >= 0.3 is 5.56 Å². The van der Waals surface area contributed by atoms with Gasteiger partial charge in [0.15, 0.2) is 0 Å². The molecule has 0 amide bonds. The number of aromatic nitrogens is 3. The summed E-state index contributed by atoms with van der Waals surface area (Å²) in [5.41, 5.74) is 2.22. The van der Waals surface area contributed by atoms with Crippen LogP contribution in [0.1, 0.15) is 22.5 Å². The maximum absolute atomic E-state index is 12.5. The van der Waals surface area contributed by atoms with Gasteiger partial charge in [0.2, 0.25) is 5.88 Å². The smallest absolute Gasteiger partial charge is 0.305 e. The number of nitrogens with zero attached hydrogens (tertiary/aromatic N) is 2. The third-order valence-corrected chi connectivity index (χ3v) is 4.44. The number of aromatic hydroxyl groups is 1. The van der Waals surface area contributed by atoms with Crippen LogP contribution >= 0.6 is 0 Å². The zero-order valence-electron chi connectivity index (χ0n) is 13.9. The monoisotopic (exact) mass is 347 g/mol. The minimum absolute atomic E-state index is 0.0730. The third-order valence-electron chi connectivity index (χ3n) is 4.44. The molecule has 0 unspecified atom stereocenters. The molecule has 2 aromatic heterocycles. The average molecular weight is 347 g/mol. The van der Waals surface area contributed by atoms with E-state index in [1.165, 1.54) is 0 Å². The first-order chi connectivity index (χ1) is 12.6. The van der Waals surface area contributed by atoms with Gasteiger partial charge in [0.05, 0.1) is 0 Å². The van der Waals surface area contributed by atoms with Crippen molar-refractivity contribution in [3.63, 3.8) is 0 Å². The van der Waals surface area contributed by atoms with Gasteiger partial charge in [0.25, 0.3) is 0 Å². The average Bonchev–Trinajstić information content (AvgIpc) is 3.07. The Morgan fingerprint density at radius 3 is 2.54 bits per heavy atom. The topological polar surface area (TPSA) is 91.1 Å². The molecule has 26 heavy (non-hydrogen) atoms. The number of para-hydroxylation sites is 1. The van der Waals surface area contributed by atoms with Crippen LogP contribution < -0.4 is 5.56 Å². The summed E-state index contributed by atoms with van der Waals surface area (Å²) in [5.74, 6) is -0.342. The fourth-order valence-electron chi connectivity index (χ4n) is 3.10. The van der Waals surface area contributed by atoms with Crippen molar-refractivity contribution >= 4 is 10.9 Å². The van der Waals surface area contributed by atoms with Crippen LogP contribution in [0.3, 0.4) is 0 Å². The zero-order valence-corrected chi connectivity index (χ0v) is 13.9. The predicted molar refractivity (Wildman–Crippen MR) is 97.7 cm³/mol. The molecule has 0 saturated carbocycles. The van der Waals surface area contributed by atoms with Crippen LogP contribution in [-0.2, 0) is 12.8 Å². The van der Waals surface area contributed by atoms with Gasteiger partial charge in [0.1, 0.15) is 11.4 Å². The summed E-state index contributed by atoms with van der Waals surface area (Å²) in [4.78, 5) is 19.7. The number of fused-ring (bicyclic) bond motifs is 1. The molecular weight excluding hydrogens is 330 g/mol. The van der Waals surface area contributed by atoms with Gasteiger partial charge in [-0.1, -0.05) is 48.5 Å². The first kappa shape index (κ1) is 16.0. The van der Waals surface area contributed by atoms with Gasteiger partial charge in [0, 0.05) is 29.9 Å². The van der Waals surface area contributed by atoms with E-state index in [0.717, 1.165) is 22.0 Å². The number of nitrogens with one attached hydrogen (secondary N) is 1. The van der Waals surface area contributed by atoms with Crippen LogP contribution in [0.2, 0.25) is 0 Å². The van der Waals surface area contributed by atoms with Crippen LogP contribution in [0.5, 0.6) is 5.88 Å². The second-order valence-electron chi connectivity index (χ2n) is 6.14. The normalized spacial score (nSPS) is 11.1. The summed E-state index contributed by atoms with van der Waals surface area (Å²) in [6.07, 6.45) is 2.23. The Morgan fingerprint density at radius 2 is 1.73 bits per heavy atom. The van der Waals surface area contributed by atoms with Crippen molar-refractivity contribution in [2.24, 2.45) is 0 Å². The fraction of sp³-hybridized carbons (Fsp3) is 0.100. The fourth-order valence-corrected chi connectivity index (χ4v) is 3.10. The van der Waals surface area contributed by atoms with Crippen molar-refractivity contribution in [2.45, 2.75) is 12.8 Å². The summed E-state index contributed by atoms with van der Waals surface area (Å²) in [6, 6.07) is 17.0. The Labute approximate surface area is 149 Å². The minimum Gasteiger partial charge on any atom is -0.492 e. The second-order valence-corrected chi connectivity index (χ2v) is 6.14. The van der Waals surface area contributed by atoms with Crippen LogP contribution in [0.15, 0.2) is 65.6 Å². The molecule has 4 aromatic rings. The molecule has 3 N–H and O–H groups in total. The van der Waals surface area contributed by atoms with E-state index in [-0.39, 0.29) is 30.1 Å². The van der Waals surface area contributed by atoms with Gasteiger partial charge in [-0.3, -0.25) is 4.79 Å². The van der Waals surface area contributed by atoms with Crippen molar-refractivity contribution in [3.05, 3.63) is 93.7 Å². The third kappa shape index (κ3) is 2.82. The molecule has 6 heteroatoms. The summed E-state index contributed by atoms with van der Waals surface area (Å²) >= 11 is 0. The molecule has 2 heterocycles. The molecule has 130 valence electrons. The number of rotatable bonds is 4. The number of benzene rings is 2. The lowest BCUT2D eigenvalue weighted by molar-refractivity contribution is 0.159. The number of hydrogen-bond donors (Lipinski definition) is 3. The summed E-state index contributed by atoms with van der Waals surface area (Å²) in [6.45, 7) is 0. The molecule has 0 spiro atoms. The van der Waals surface area contributed by atoms with Gasteiger partial charge in [-0.2, -0.15) is 0 Å². The molecule has 0 saturated heterocycles. The highest BCUT2D eigenvalue weighted by atomic mass is 16.5. The molecule has 4 rings (SSSR count). The maximum Gasteiger partial charge on any atom is 0.305 e. The quantitative estimate of drug-likeness (QED) is 0.495. The lowest BCUT2D eigenvalue weighted by Gasteiger charge is -2.10. The molecule has 0 bridgehead atoms. The van der Waals surface area contributed by atoms with E-state index in [9.17, 15) is 15.1 Å². The molecule has 0 aliphatic heterocycles. The molecule has 0 aliphatic rings. The molecule has 0 radical (unpaired) electrons. The molecule has 0 fully saturated rings. The lowest BCUT2D eigenvalue weighted by Crippen LogP contribution is -2.27. The van der Waals surface area contributed by atoms with Crippen LogP contribution in [0, 0.1) is 0 Å². The van der Waals surface area contributed by atoms with Gasteiger partial charge in [-0.05, 0) is 17.2 Å². The van der Waals surface area contributed by atoms with Gasteiger partial charge < -0.3 is 15.3 Å². The summed E-state index contributed by atoms with van der Waals surface area (Å²) in [5, 5.41) is 21.5. The van der Waals surface area contributed by atoms with Gasteiger partial charge in [-0.25, -0.2) is 4.98 Å². The predicted octanol–water partition coefficient (Wildman–Crippen LogP) is 2.85. The Morgan fingerprint density at radius 1 is 1.00 bits per heavy atom.